The maximum absolute atomic E-state index is 13.5. The maximum atomic E-state index is 13.5. The number of rotatable bonds is 6. The molecule has 2 aliphatic heterocycles. The Labute approximate surface area is 215 Å². The quantitative estimate of drug-likeness (QED) is 0.444. The third-order valence-corrected chi connectivity index (χ3v) is 6.37. The van der Waals surface area contributed by atoms with Crippen molar-refractivity contribution >= 4 is 23.2 Å². The largest absolute Gasteiger partial charge is 0.489 e. The Balaban J connectivity index is 1.44. The highest BCUT2D eigenvalue weighted by Gasteiger charge is 2.39. The van der Waals surface area contributed by atoms with Gasteiger partial charge in [-0.25, -0.2) is 14.8 Å². The smallest absolute Gasteiger partial charge is 0.416 e. The second kappa shape index (κ2) is 10.4. The summed E-state index contributed by atoms with van der Waals surface area (Å²) in [5, 5.41) is 21.2. The van der Waals surface area contributed by atoms with Crippen molar-refractivity contribution in [2.75, 3.05) is 41.4 Å². The van der Waals surface area contributed by atoms with Crippen molar-refractivity contribution in [1.82, 2.24) is 15.0 Å². The number of pyridine rings is 1. The standard InChI is InChI=1S/C25H25F3N6O4/c26-25(27,28)16-4-1-3-15(7-16)22-30-11-21-23(32-22)34(18-5-2-6-33(21)12-18)24(37)31-17-8-20(10-29-9-17)38-14-19(36)13-35/h1,3-4,7-11,18-19,35-36H,2,5-6,12-14H2,(H,31,37)/t18-,19-/m0/s1. The number of fused-ring (bicyclic) bond motifs is 4. The predicted octanol–water partition coefficient (Wildman–Crippen LogP) is 3.31. The molecule has 13 heteroatoms. The Morgan fingerprint density at radius 1 is 1.24 bits per heavy atom. The highest BCUT2D eigenvalue weighted by molar-refractivity contribution is 6.04. The van der Waals surface area contributed by atoms with E-state index in [-0.39, 0.29) is 29.8 Å². The van der Waals surface area contributed by atoms with Crippen molar-refractivity contribution in [3.05, 3.63) is 54.5 Å². The number of aromatic nitrogens is 3. The lowest BCUT2D eigenvalue weighted by atomic mass is 10.0. The lowest BCUT2D eigenvalue weighted by molar-refractivity contribution is -0.137. The highest BCUT2D eigenvalue weighted by atomic mass is 19.4. The summed E-state index contributed by atoms with van der Waals surface area (Å²) in [6.07, 6.45) is 0.388. The molecule has 4 heterocycles. The molecule has 5 rings (SSSR count). The van der Waals surface area contributed by atoms with E-state index in [1.807, 2.05) is 0 Å². The van der Waals surface area contributed by atoms with E-state index >= 15 is 0 Å². The topological polar surface area (TPSA) is 124 Å². The Hall–Kier alpha value is -3.97. The zero-order valence-corrected chi connectivity index (χ0v) is 20.1. The number of aliphatic hydroxyl groups excluding tert-OH is 2. The van der Waals surface area contributed by atoms with Crippen LogP contribution < -0.4 is 19.9 Å². The summed E-state index contributed by atoms with van der Waals surface area (Å²) in [5.41, 5.74) is 0.332. The Kier molecular flexibility index (Phi) is 7.04. The minimum atomic E-state index is -4.51. The van der Waals surface area contributed by atoms with E-state index in [9.17, 15) is 23.1 Å². The predicted molar refractivity (Wildman–Crippen MR) is 132 cm³/mol. The summed E-state index contributed by atoms with van der Waals surface area (Å²) in [4.78, 5) is 30.1. The molecule has 1 aromatic carbocycles. The number of aliphatic hydroxyl groups is 2. The minimum Gasteiger partial charge on any atom is -0.489 e. The fraction of sp³-hybridized carbons (Fsp3) is 0.360. The molecule has 0 spiro atoms. The molecular formula is C25H25F3N6O4. The molecule has 38 heavy (non-hydrogen) atoms. The van der Waals surface area contributed by atoms with Crippen molar-refractivity contribution < 1.29 is 32.9 Å². The number of hydrogen-bond donors (Lipinski definition) is 3. The van der Waals surface area contributed by atoms with Crippen LogP contribution >= 0.6 is 0 Å². The van der Waals surface area contributed by atoms with Crippen molar-refractivity contribution in [3.63, 3.8) is 0 Å². The summed E-state index contributed by atoms with van der Waals surface area (Å²) >= 11 is 0. The van der Waals surface area contributed by atoms with Crippen LogP contribution in [0, 0.1) is 0 Å². The number of anilines is 3. The van der Waals surface area contributed by atoms with Crippen LogP contribution in [-0.2, 0) is 6.18 Å². The maximum Gasteiger partial charge on any atom is 0.416 e. The molecule has 200 valence electrons. The molecule has 1 fully saturated rings. The summed E-state index contributed by atoms with van der Waals surface area (Å²) < 4.78 is 45.2. The van der Waals surface area contributed by atoms with Gasteiger partial charge in [-0.3, -0.25) is 9.88 Å². The van der Waals surface area contributed by atoms with Crippen LogP contribution in [0.2, 0.25) is 0 Å². The molecule has 1 saturated heterocycles. The first-order valence-electron chi connectivity index (χ1n) is 12.0. The number of amides is 2. The molecule has 2 atom stereocenters. The number of ether oxygens (including phenoxy) is 1. The molecule has 10 nitrogen and oxygen atoms in total. The van der Waals surface area contributed by atoms with Gasteiger partial charge in [0.05, 0.1) is 48.2 Å². The summed E-state index contributed by atoms with van der Waals surface area (Å²) in [6.45, 7) is 0.727. The van der Waals surface area contributed by atoms with Crippen molar-refractivity contribution in [2.24, 2.45) is 0 Å². The molecule has 0 aliphatic carbocycles. The number of urea groups is 1. The van der Waals surface area contributed by atoms with Gasteiger partial charge in [-0.15, -0.1) is 0 Å². The van der Waals surface area contributed by atoms with E-state index in [2.05, 4.69) is 25.2 Å². The number of carbonyl (C=O) groups is 1. The van der Waals surface area contributed by atoms with Gasteiger partial charge in [-0.05, 0) is 25.0 Å². The summed E-state index contributed by atoms with van der Waals surface area (Å²) in [7, 11) is 0. The van der Waals surface area contributed by atoms with E-state index in [4.69, 9.17) is 9.84 Å². The average molecular weight is 531 g/mol. The van der Waals surface area contributed by atoms with Crippen molar-refractivity contribution in [3.8, 4) is 17.1 Å². The normalized spacial score (nSPS) is 17.6. The van der Waals surface area contributed by atoms with E-state index in [1.54, 1.807) is 6.20 Å². The number of nitrogens with zero attached hydrogens (tertiary/aromatic N) is 5. The lowest BCUT2D eigenvalue weighted by Gasteiger charge is -2.45. The Morgan fingerprint density at radius 2 is 2.08 bits per heavy atom. The van der Waals surface area contributed by atoms with E-state index in [0.717, 1.165) is 31.5 Å². The number of piperidine rings is 1. The number of hydrogen-bond acceptors (Lipinski definition) is 8. The molecule has 0 radical (unpaired) electrons. The Bertz CT molecular complexity index is 1320. The van der Waals surface area contributed by atoms with Crippen LogP contribution in [0.15, 0.2) is 48.9 Å². The molecule has 3 aromatic rings. The van der Waals surface area contributed by atoms with E-state index in [1.165, 1.54) is 35.5 Å². The number of halogens is 3. The molecule has 2 bridgehead atoms. The van der Waals surface area contributed by atoms with Crippen LogP contribution in [0.1, 0.15) is 18.4 Å². The first-order valence-corrected chi connectivity index (χ1v) is 12.0. The van der Waals surface area contributed by atoms with Crippen LogP contribution in [0.25, 0.3) is 11.4 Å². The number of carbonyl (C=O) groups excluding carboxylic acids is 1. The average Bonchev–Trinajstić information content (AvgIpc) is 2.91. The van der Waals surface area contributed by atoms with Crippen LogP contribution in [0.3, 0.4) is 0 Å². The fourth-order valence-corrected chi connectivity index (χ4v) is 4.55. The van der Waals surface area contributed by atoms with Crippen molar-refractivity contribution in [1.29, 1.82) is 0 Å². The summed E-state index contributed by atoms with van der Waals surface area (Å²) in [5.74, 6) is 0.674. The third kappa shape index (κ3) is 5.34. The third-order valence-electron chi connectivity index (χ3n) is 6.37. The van der Waals surface area contributed by atoms with Crippen LogP contribution in [0.4, 0.5) is 35.2 Å². The molecule has 2 aromatic heterocycles. The van der Waals surface area contributed by atoms with Crippen molar-refractivity contribution in [2.45, 2.75) is 31.2 Å². The molecule has 0 saturated carbocycles. The Morgan fingerprint density at radius 3 is 2.87 bits per heavy atom. The van der Waals surface area contributed by atoms with Gasteiger partial charge < -0.3 is 25.2 Å². The molecular weight excluding hydrogens is 505 g/mol. The second-order valence-corrected chi connectivity index (χ2v) is 9.08. The molecule has 3 N–H and O–H groups in total. The molecule has 2 aliphatic rings. The lowest BCUT2D eigenvalue weighted by Crippen LogP contribution is -2.56. The number of nitrogens with one attached hydrogen (secondary N) is 1. The fourth-order valence-electron chi connectivity index (χ4n) is 4.55. The van der Waals surface area contributed by atoms with Gasteiger partial charge in [-0.2, -0.15) is 13.2 Å². The molecule has 2 amide bonds. The zero-order chi connectivity index (χ0) is 26.9. The molecule has 0 unspecified atom stereocenters. The zero-order valence-electron chi connectivity index (χ0n) is 20.1. The van der Waals surface area contributed by atoms with Gasteiger partial charge in [0.2, 0.25) is 0 Å². The summed E-state index contributed by atoms with van der Waals surface area (Å²) in [6, 6.07) is 5.60. The van der Waals surface area contributed by atoms with E-state index < -0.39 is 30.5 Å². The van der Waals surface area contributed by atoms with E-state index in [0.29, 0.717) is 23.7 Å². The monoisotopic (exact) mass is 530 g/mol. The first kappa shape index (κ1) is 25.7. The second-order valence-electron chi connectivity index (χ2n) is 9.08. The van der Waals surface area contributed by atoms with Gasteiger partial charge in [0.25, 0.3) is 0 Å². The van der Waals surface area contributed by atoms with Gasteiger partial charge in [-0.1, -0.05) is 12.1 Å². The highest BCUT2D eigenvalue weighted by Crippen LogP contribution is 2.39. The van der Waals surface area contributed by atoms with Gasteiger partial charge in [0.15, 0.2) is 11.6 Å². The SMILES string of the molecule is O=C(Nc1cncc(OC[C@@H](O)CO)c1)N1c2nc(-c3cccc(C(F)(F)F)c3)ncc2N2CCC[C@H]1C2. The van der Waals surface area contributed by atoms with Gasteiger partial charge >= 0.3 is 12.2 Å². The number of benzene rings is 1. The minimum absolute atomic E-state index is 0.0772. The van der Waals surface area contributed by atoms with Gasteiger partial charge in [0.1, 0.15) is 18.5 Å². The van der Waals surface area contributed by atoms with Gasteiger partial charge in [0, 0.05) is 24.7 Å². The first-order chi connectivity index (χ1) is 18.2. The number of alkyl halides is 3. The van der Waals surface area contributed by atoms with Crippen LogP contribution in [-0.4, -0.2) is 69.6 Å². The van der Waals surface area contributed by atoms with Crippen LogP contribution in [0.5, 0.6) is 5.75 Å².